The van der Waals surface area contributed by atoms with Gasteiger partial charge in [-0.25, -0.2) is 9.97 Å². The van der Waals surface area contributed by atoms with Crippen LogP contribution in [0, 0.1) is 5.92 Å². The molecule has 0 aromatic carbocycles. The Kier molecular flexibility index (Phi) is 4.97. The minimum Gasteiger partial charge on any atom is -0.347 e. The third-order valence-electron chi connectivity index (χ3n) is 5.94. The van der Waals surface area contributed by atoms with Crippen LogP contribution in [-0.2, 0) is 9.59 Å². The molecule has 2 fully saturated rings. The summed E-state index contributed by atoms with van der Waals surface area (Å²) >= 11 is 0. The molecule has 4 heterocycles. The number of piperidine rings is 1. The molecule has 2 aliphatic heterocycles. The molecule has 1 N–H and O–H groups in total. The first kappa shape index (κ1) is 19.4. The van der Waals surface area contributed by atoms with Crippen LogP contribution in [0.3, 0.4) is 0 Å². The first-order chi connectivity index (χ1) is 13.8. The predicted octanol–water partition coefficient (Wildman–Crippen LogP) is 0.568. The van der Waals surface area contributed by atoms with Crippen molar-refractivity contribution in [2.24, 2.45) is 5.92 Å². The predicted molar refractivity (Wildman–Crippen MR) is 109 cm³/mol. The smallest absolute Gasteiger partial charge is 0.259 e. The van der Waals surface area contributed by atoms with Crippen molar-refractivity contribution in [3.8, 4) is 0 Å². The van der Waals surface area contributed by atoms with Gasteiger partial charge in [-0.1, -0.05) is 0 Å². The standard InChI is InChI=1S/C20H26N6O3/c1-24(2)20-21-10-14-16(23-20)9-15(22-18(14)28)12-4-6-26(7-5-12)19(29)13-8-17(27)25(3)11-13/h9-10,12-13H,4-8,11H2,1-3H3,(H,22,28). The SMILES string of the molecule is CN1CC(C(=O)N2CCC(c3cc4nc(N(C)C)ncc4c(=O)[nH]3)CC2)CC1=O. The first-order valence-corrected chi connectivity index (χ1v) is 9.93. The van der Waals surface area contributed by atoms with Gasteiger partial charge >= 0.3 is 0 Å². The number of nitrogens with one attached hydrogen (secondary N) is 1. The van der Waals surface area contributed by atoms with E-state index in [4.69, 9.17) is 0 Å². The van der Waals surface area contributed by atoms with Gasteiger partial charge in [0.1, 0.15) is 0 Å². The maximum atomic E-state index is 12.7. The lowest BCUT2D eigenvalue weighted by Crippen LogP contribution is -2.42. The van der Waals surface area contributed by atoms with E-state index >= 15 is 0 Å². The third kappa shape index (κ3) is 3.68. The van der Waals surface area contributed by atoms with Crippen LogP contribution in [0.1, 0.15) is 30.9 Å². The molecule has 0 bridgehead atoms. The average molecular weight is 398 g/mol. The molecule has 2 aliphatic rings. The number of hydrogen-bond donors (Lipinski definition) is 1. The van der Waals surface area contributed by atoms with E-state index in [-0.39, 0.29) is 29.2 Å². The Balaban J connectivity index is 1.48. The van der Waals surface area contributed by atoms with E-state index in [1.807, 2.05) is 25.1 Å². The number of hydrogen-bond acceptors (Lipinski definition) is 6. The Morgan fingerprint density at radius 3 is 2.59 bits per heavy atom. The Bertz CT molecular complexity index is 1010. The lowest BCUT2D eigenvalue weighted by atomic mass is 9.92. The monoisotopic (exact) mass is 398 g/mol. The van der Waals surface area contributed by atoms with Crippen LogP contribution in [0.25, 0.3) is 10.9 Å². The number of amides is 2. The van der Waals surface area contributed by atoms with Gasteiger partial charge < -0.3 is 19.7 Å². The second-order valence-corrected chi connectivity index (χ2v) is 8.19. The molecule has 4 rings (SSSR count). The molecule has 2 saturated heterocycles. The minimum absolute atomic E-state index is 0.0334. The Labute approximate surface area is 168 Å². The molecule has 0 radical (unpaired) electrons. The molecule has 1 unspecified atom stereocenters. The lowest BCUT2D eigenvalue weighted by Gasteiger charge is -2.33. The number of aromatic amines is 1. The second kappa shape index (κ2) is 7.46. The number of carbonyl (C=O) groups excluding carboxylic acids is 2. The van der Waals surface area contributed by atoms with Crippen LogP contribution in [0.2, 0.25) is 0 Å². The highest BCUT2D eigenvalue weighted by Gasteiger charge is 2.36. The van der Waals surface area contributed by atoms with Crippen molar-refractivity contribution >= 4 is 28.7 Å². The highest BCUT2D eigenvalue weighted by atomic mass is 16.2. The fourth-order valence-electron chi connectivity index (χ4n) is 4.19. The number of nitrogens with zero attached hydrogens (tertiary/aromatic N) is 5. The average Bonchev–Trinajstić information content (AvgIpc) is 3.05. The van der Waals surface area contributed by atoms with E-state index in [0.29, 0.717) is 42.9 Å². The van der Waals surface area contributed by atoms with Gasteiger partial charge in [0.25, 0.3) is 5.56 Å². The van der Waals surface area contributed by atoms with Gasteiger partial charge in [-0.3, -0.25) is 14.4 Å². The molecule has 0 spiro atoms. The minimum atomic E-state index is -0.231. The van der Waals surface area contributed by atoms with Crippen molar-refractivity contribution in [2.45, 2.75) is 25.2 Å². The van der Waals surface area contributed by atoms with Crippen molar-refractivity contribution in [1.29, 1.82) is 0 Å². The number of aromatic nitrogens is 3. The molecule has 0 aliphatic carbocycles. The molecule has 154 valence electrons. The Hall–Kier alpha value is -2.97. The maximum Gasteiger partial charge on any atom is 0.259 e. The third-order valence-corrected chi connectivity index (χ3v) is 5.94. The maximum absolute atomic E-state index is 12.7. The van der Waals surface area contributed by atoms with Gasteiger partial charge in [0.2, 0.25) is 17.8 Å². The molecule has 9 nitrogen and oxygen atoms in total. The normalized spacial score (nSPS) is 20.5. The molecule has 2 aromatic heterocycles. The van der Waals surface area contributed by atoms with E-state index in [2.05, 4.69) is 15.0 Å². The number of likely N-dealkylation sites (tertiary alicyclic amines) is 2. The summed E-state index contributed by atoms with van der Waals surface area (Å²) in [4.78, 5) is 53.9. The van der Waals surface area contributed by atoms with Gasteiger partial charge in [0, 0.05) is 65.0 Å². The number of H-pyrrole nitrogens is 1. The highest BCUT2D eigenvalue weighted by Crippen LogP contribution is 2.29. The van der Waals surface area contributed by atoms with Gasteiger partial charge in [-0.15, -0.1) is 0 Å². The highest BCUT2D eigenvalue weighted by molar-refractivity contribution is 5.89. The summed E-state index contributed by atoms with van der Waals surface area (Å²) in [6.45, 7) is 1.76. The number of anilines is 1. The van der Waals surface area contributed by atoms with Crippen LogP contribution in [0.15, 0.2) is 17.1 Å². The molecule has 0 saturated carbocycles. The van der Waals surface area contributed by atoms with Crippen LogP contribution in [0.4, 0.5) is 5.95 Å². The van der Waals surface area contributed by atoms with Gasteiger partial charge in [0.15, 0.2) is 0 Å². The quantitative estimate of drug-likeness (QED) is 0.811. The van der Waals surface area contributed by atoms with Crippen molar-refractivity contribution < 1.29 is 9.59 Å². The van der Waals surface area contributed by atoms with Crippen LogP contribution in [-0.4, -0.2) is 77.3 Å². The fourth-order valence-corrected chi connectivity index (χ4v) is 4.19. The molecular weight excluding hydrogens is 372 g/mol. The number of pyridine rings is 1. The number of rotatable bonds is 3. The topological polar surface area (TPSA) is 102 Å². The zero-order chi connectivity index (χ0) is 20.7. The second-order valence-electron chi connectivity index (χ2n) is 8.19. The summed E-state index contributed by atoms with van der Waals surface area (Å²) in [5, 5.41) is 0.474. The number of fused-ring (bicyclic) bond motifs is 1. The van der Waals surface area contributed by atoms with Crippen molar-refractivity contribution in [1.82, 2.24) is 24.8 Å². The van der Waals surface area contributed by atoms with E-state index in [1.165, 1.54) is 0 Å². The van der Waals surface area contributed by atoms with Crippen LogP contribution in [0.5, 0.6) is 0 Å². The van der Waals surface area contributed by atoms with Crippen LogP contribution >= 0.6 is 0 Å². The summed E-state index contributed by atoms with van der Waals surface area (Å²) in [6.07, 6.45) is 3.41. The zero-order valence-electron chi connectivity index (χ0n) is 17.0. The zero-order valence-corrected chi connectivity index (χ0v) is 17.0. The van der Waals surface area contributed by atoms with E-state index in [1.54, 1.807) is 23.0 Å². The molecule has 2 amide bonds. The first-order valence-electron chi connectivity index (χ1n) is 9.93. The van der Waals surface area contributed by atoms with Crippen molar-refractivity contribution in [3.63, 3.8) is 0 Å². The van der Waals surface area contributed by atoms with E-state index < -0.39 is 0 Å². The summed E-state index contributed by atoms with van der Waals surface area (Å²) < 4.78 is 0. The van der Waals surface area contributed by atoms with Crippen molar-refractivity contribution in [3.05, 3.63) is 28.3 Å². The molecular formula is C20H26N6O3. The summed E-state index contributed by atoms with van der Waals surface area (Å²) in [6, 6.07) is 1.93. The molecule has 2 aromatic rings. The molecule has 9 heteroatoms. The lowest BCUT2D eigenvalue weighted by molar-refractivity contribution is -0.136. The van der Waals surface area contributed by atoms with Crippen LogP contribution < -0.4 is 10.5 Å². The molecule has 29 heavy (non-hydrogen) atoms. The summed E-state index contributed by atoms with van der Waals surface area (Å²) in [5.74, 6) is 0.598. The van der Waals surface area contributed by atoms with Gasteiger partial charge in [0.05, 0.1) is 16.8 Å². The van der Waals surface area contributed by atoms with E-state index in [0.717, 1.165) is 18.5 Å². The largest absolute Gasteiger partial charge is 0.347 e. The van der Waals surface area contributed by atoms with Gasteiger partial charge in [-0.05, 0) is 18.9 Å². The Morgan fingerprint density at radius 1 is 1.24 bits per heavy atom. The van der Waals surface area contributed by atoms with Gasteiger partial charge in [-0.2, -0.15) is 0 Å². The number of carbonyl (C=O) groups is 2. The summed E-state index contributed by atoms with van der Waals surface area (Å²) in [7, 11) is 5.46. The molecule has 1 atom stereocenters. The summed E-state index contributed by atoms with van der Waals surface area (Å²) in [5.41, 5.74) is 1.30. The van der Waals surface area contributed by atoms with E-state index in [9.17, 15) is 14.4 Å². The Morgan fingerprint density at radius 2 is 1.97 bits per heavy atom. The fraction of sp³-hybridized carbons (Fsp3) is 0.550. The van der Waals surface area contributed by atoms with Crippen molar-refractivity contribution in [2.75, 3.05) is 45.7 Å².